The van der Waals surface area contributed by atoms with Crippen molar-refractivity contribution >= 4 is 23.3 Å². The van der Waals surface area contributed by atoms with Crippen molar-refractivity contribution in [2.24, 2.45) is 0 Å². The minimum Gasteiger partial charge on any atom is -0.497 e. The van der Waals surface area contributed by atoms with Crippen LogP contribution in [0, 0.1) is 0 Å². The van der Waals surface area contributed by atoms with E-state index in [0.29, 0.717) is 28.7 Å². The summed E-state index contributed by atoms with van der Waals surface area (Å²) in [4.78, 5) is 25.2. The summed E-state index contributed by atoms with van der Waals surface area (Å²) in [5.41, 5.74) is 2.07. The number of carbonyl (C=O) groups is 2. The van der Waals surface area contributed by atoms with Crippen LogP contribution in [0.2, 0.25) is 0 Å². The van der Waals surface area contributed by atoms with Gasteiger partial charge in [-0.15, -0.1) is 0 Å². The van der Waals surface area contributed by atoms with Gasteiger partial charge in [0.2, 0.25) is 11.8 Å². The maximum Gasteiger partial charge on any atom is 0.249 e. The third kappa shape index (κ3) is 3.64. The van der Waals surface area contributed by atoms with Crippen LogP contribution >= 0.6 is 0 Å². The molecule has 0 bridgehead atoms. The fourth-order valence-electron chi connectivity index (χ4n) is 3.25. The maximum atomic E-state index is 13.0. The van der Waals surface area contributed by atoms with E-state index >= 15 is 0 Å². The van der Waals surface area contributed by atoms with Gasteiger partial charge in [-0.05, 0) is 12.1 Å². The summed E-state index contributed by atoms with van der Waals surface area (Å²) < 4.78 is 12.1. The fraction of sp³-hybridized carbons (Fsp3) is 0.190. The van der Waals surface area contributed by atoms with Gasteiger partial charge in [0, 0.05) is 17.7 Å². The highest BCUT2D eigenvalue weighted by molar-refractivity contribution is 6.02. The van der Waals surface area contributed by atoms with E-state index in [9.17, 15) is 9.59 Å². The molecule has 4 rings (SSSR count). The number of nitrogens with one attached hydrogen (secondary N) is 2. The van der Waals surface area contributed by atoms with Crippen LogP contribution in [0.25, 0.3) is 11.3 Å². The van der Waals surface area contributed by atoms with Gasteiger partial charge in [-0.1, -0.05) is 30.3 Å². The number of amides is 2. The average Bonchev–Trinajstić information content (AvgIpc) is 3.17. The first-order valence-corrected chi connectivity index (χ1v) is 9.06. The maximum absolute atomic E-state index is 13.0. The van der Waals surface area contributed by atoms with Gasteiger partial charge in [-0.25, -0.2) is 4.68 Å². The third-order valence-corrected chi connectivity index (χ3v) is 4.72. The van der Waals surface area contributed by atoms with Crippen LogP contribution in [0.1, 0.15) is 12.5 Å². The van der Waals surface area contributed by atoms with Crippen LogP contribution in [0.5, 0.6) is 11.5 Å². The zero-order chi connectivity index (χ0) is 20.4. The molecule has 0 spiro atoms. The minimum absolute atomic E-state index is 0.00673. The fourth-order valence-corrected chi connectivity index (χ4v) is 3.25. The Morgan fingerprint density at radius 2 is 1.93 bits per heavy atom. The van der Waals surface area contributed by atoms with Gasteiger partial charge in [0.05, 0.1) is 32.0 Å². The number of ether oxygens (including phenoxy) is 2. The van der Waals surface area contributed by atoms with Gasteiger partial charge in [-0.2, -0.15) is 5.10 Å². The van der Waals surface area contributed by atoms with Crippen molar-refractivity contribution in [1.29, 1.82) is 0 Å². The number of hydrogen-bond acceptors (Lipinski definition) is 5. The summed E-state index contributed by atoms with van der Waals surface area (Å²) in [7, 11) is 3.06. The van der Waals surface area contributed by atoms with E-state index < -0.39 is 6.04 Å². The first kappa shape index (κ1) is 18.5. The molecule has 1 atom stereocenters. The number of rotatable bonds is 5. The van der Waals surface area contributed by atoms with Gasteiger partial charge in [0.15, 0.2) is 0 Å². The first-order valence-electron chi connectivity index (χ1n) is 9.06. The lowest BCUT2D eigenvalue weighted by Crippen LogP contribution is -2.35. The molecule has 2 heterocycles. The third-order valence-electron chi connectivity index (χ3n) is 4.72. The second-order valence-electron chi connectivity index (χ2n) is 6.55. The molecular formula is C21H20N4O4. The Morgan fingerprint density at radius 3 is 2.66 bits per heavy atom. The minimum atomic E-state index is -0.775. The second-order valence-corrected chi connectivity index (χ2v) is 6.55. The van der Waals surface area contributed by atoms with Gasteiger partial charge >= 0.3 is 0 Å². The number of fused-ring (bicyclic) bond motifs is 1. The monoisotopic (exact) mass is 392 g/mol. The Kier molecular flexibility index (Phi) is 4.90. The molecule has 29 heavy (non-hydrogen) atoms. The molecule has 0 unspecified atom stereocenters. The number of nitrogens with zero attached hydrogens (tertiary/aromatic N) is 2. The van der Waals surface area contributed by atoms with E-state index in [2.05, 4.69) is 15.7 Å². The van der Waals surface area contributed by atoms with Gasteiger partial charge in [0.25, 0.3) is 0 Å². The van der Waals surface area contributed by atoms with Crippen LogP contribution in [-0.2, 0) is 9.59 Å². The molecule has 8 heteroatoms. The van der Waals surface area contributed by atoms with E-state index in [4.69, 9.17) is 9.47 Å². The largest absolute Gasteiger partial charge is 0.497 e. The molecule has 2 N–H and O–H groups in total. The van der Waals surface area contributed by atoms with E-state index in [0.717, 1.165) is 5.56 Å². The molecule has 2 aromatic carbocycles. The van der Waals surface area contributed by atoms with Crippen molar-refractivity contribution in [3.8, 4) is 22.8 Å². The Labute approximate surface area is 167 Å². The molecule has 0 fully saturated rings. The predicted molar refractivity (Wildman–Crippen MR) is 108 cm³/mol. The Bertz CT molecular complexity index is 1060. The molecule has 2 amide bonds. The highest BCUT2D eigenvalue weighted by atomic mass is 16.5. The number of benzene rings is 2. The quantitative estimate of drug-likeness (QED) is 0.696. The summed E-state index contributed by atoms with van der Waals surface area (Å²) in [5.74, 6) is 0.968. The molecule has 0 saturated carbocycles. The summed E-state index contributed by atoms with van der Waals surface area (Å²) in [6.45, 7) is 0. The van der Waals surface area contributed by atoms with Crippen molar-refractivity contribution in [1.82, 2.24) is 9.78 Å². The molecule has 0 saturated heterocycles. The highest BCUT2D eigenvalue weighted by Gasteiger charge is 2.32. The van der Waals surface area contributed by atoms with Crippen molar-refractivity contribution in [2.45, 2.75) is 12.5 Å². The van der Waals surface area contributed by atoms with Crippen LogP contribution in [-0.4, -0.2) is 35.8 Å². The number of aromatic nitrogens is 2. The van der Waals surface area contributed by atoms with Gasteiger partial charge in [-0.3, -0.25) is 9.59 Å². The standard InChI is InChI=1S/C21H20N4O4/c1-28-14-8-9-15(18(10-14)29-2)22-21(27)17-12-20(26)23-19-11-16(24-25(17)19)13-6-4-3-5-7-13/h3-11,17H,12H2,1-2H3,(H,22,27)(H,23,26)/t17-/m1/s1. The zero-order valence-electron chi connectivity index (χ0n) is 16.0. The first-order chi connectivity index (χ1) is 14.1. The smallest absolute Gasteiger partial charge is 0.249 e. The predicted octanol–water partition coefficient (Wildman–Crippen LogP) is 3.09. The normalized spacial score (nSPS) is 15.2. The number of anilines is 2. The Morgan fingerprint density at radius 1 is 1.14 bits per heavy atom. The van der Waals surface area contributed by atoms with Gasteiger partial charge in [0.1, 0.15) is 23.4 Å². The number of hydrogen-bond donors (Lipinski definition) is 2. The molecule has 148 valence electrons. The average molecular weight is 392 g/mol. The molecule has 1 aliphatic heterocycles. The second kappa shape index (κ2) is 7.67. The molecule has 0 radical (unpaired) electrons. The van der Waals surface area contributed by atoms with Crippen molar-refractivity contribution in [3.63, 3.8) is 0 Å². The van der Waals surface area contributed by atoms with E-state index in [1.54, 1.807) is 36.1 Å². The summed E-state index contributed by atoms with van der Waals surface area (Å²) in [5, 5.41) is 10.2. The highest BCUT2D eigenvalue weighted by Crippen LogP contribution is 2.33. The molecule has 1 aliphatic rings. The molecular weight excluding hydrogens is 372 g/mol. The lowest BCUT2D eigenvalue weighted by Gasteiger charge is -2.24. The molecule has 8 nitrogen and oxygen atoms in total. The van der Waals surface area contributed by atoms with E-state index in [1.165, 1.54) is 7.11 Å². The Balaban J connectivity index is 1.63. The Hall–Kier alpha value is -3.81. The van der Waals surface area contributed by atoms with E-state index in [-0.39, 0.29) is 18.2 Å². The topological polar surface area (TPSA) is 94.5 Å². The van der Waals surface area contributed by atoms with Crippen molar-refractivity contribution in [3.05, 3.63) is 54.6 Å². The summed E-state index contributed by atoms with van der Waals surface area (Å²) in [6, 6.07) is 15.7. The molecule has 3 aromatic rings. The summed E-state index contributed by atoms with van der Waals surface area (Å²) >= 11 is 0. The van der Waals surface area contributed by atoms with Crippen molar-refractivity contribution < 1.29 is 19.1 Å². The molecule has 1 aromatic heterocycles. The van der Waals surface area contributed by atoms with Crippen LogP contribution in [0.15, 0.2) is 54.6 Å². The van der Waals surface area contributed by atoms with E-state index in [1.807, 2.05) is 30.3 Å². The molecule has 0 aliphatic carbocycles. The van der Waals surface area contributed by atoms with Crippen LogP contribution in [0.3, 0.4) is 0 Å². The lowest BCUT2D eigenvalue weighted by molar-refractivity contribution is -0.125. The van der Waals surface area contributed by atoms with Crippen LogP contribution in [0.4, 0.5) is 11.5 Å². The number of carbonyl (C=O) groups excluding carboxylic acids is 2. The summed E-state index contributed by atoms with van der Waals surface area (Å²) in [6.07, 6.45) is -0.00673. The van der Waals surface area contributed by atoms with Gasteiger partial charge < -0.3 is 20.1 Å². The SMILES string of the molecule is COc1ccc(NC(=O)[C@H]2CC(=O)Nc3cc(-c4ccccc4)nn32)c(OC)c1. The van der Waals surface area contributed by atoms with Crippen molar-refractivity contribution in [2.75, 3.05) is 24.9 Å². The lowest BCUT2D eigenvalue weighted by atomic mass is 10.1. The van der Waals surface area contributed by atoms with Crippen LogP contribution < -0.4 is 20.1 Å². The number of methoxy groups -OCH3 is 2. The zero-order valence-corrected chi connectivity index (χ0v) is 16.0.